The minimum absolute atomic E-state index is 0.188. The first-order valence-electron chi connectivity index (χ1n) is 13.3. The van der Waals surface area contributed by atoms with E-state index in [1.165, 1.54) is 0 Å². The van der Waals surface area contributed by atoms with Gasteiger partial charge in [0.15, 0.2) is 0 Å². The van der Waals surface area contributed by atoms with Crippen LogP contribution in [-0.4, -0.2) is 27.1 Å². The van der Waals surface area contributed by atoms with Crippen molar-refractivity contribution in [2.75, 3.05) is 5.32 Å². The van der Waals surface area contributed by atoms with E-state index in [-0.39, 0.29) is 6.42 Å². The minimum atomic E-state index is -0.989. The maximum absolute atomic E-state index is 12.2. The number of benzene rings is 3. The summed E-state index contributed by atoms with van der Waals surface area (Å²) in [4.78, 5) is 21.7. The molecule has 0 aliphatic rings. The molecule has 0 aliphatic heterocycles. The van der Waals surface area contributed by atoms with Crippen molar-refractivity contribution in [1.82, 2.24) is 9.97 Å². The lowest BCUT2D eigenvalue weighted by molar-refractivity contribution is -0.138. The van der Waals surface area contributed by atoms with Gasteiger partial charge in [-0.05, 0) is 47.5 Å². The topological polar surface area (TPSA) is 97.5 Å². The molecule has 0 fully saturated rings. The van der Waals surface area contributed by atoms with E-state index in [0.717, 1.165) is 34.6 Å². The van der Waals surface area contributed by atoms with Crippen LogP contribution in [0.2, 0.25) is 0 Å². The van der Waals surface area contributed by atoms with E-state index in [2.05, 4.69) is 10.3 Å². The van der Waals surface area contributed by atoms with Gasteiger partial charge in [0.05, 0.1) is 17.6 Å². The fraction of sp³-hybridized carbons (Fsp3) is 0.182. The van der Waals surface area contributed by atoms with Gasteiger partial charge in [-0.2, -0.15) is 0 Å². The normalized spacial score (nSPS) is 11.6. The molecule has 2 heterocycles. The first kappa shape index (κ1) is 26.7. The Labute approximate surface area is 233 Å². The van der Waals surface area contributed by atoms with E-state index in [1.807, 2.05) is 104 Å². The van der Waals surface area contributed by atoms with Gasteiger partial charge in [-0.1, -0.05) is 67.6 Å². The number of carboxylic acid groups (broad SMARTS) is 1. The Hall–Kier alpha value is -4.91. The molecule has 7 heteroatoms. The van der Waals surface area contributed by atoms with Crippen molar-refractivity contribution in [2.24, 2.45) is 0 Å². The first-order chi connectivity index (χ1) is 19.6. The average Bonchev–Trinajstić information content (AvgIpc) is 3.45. The van der Waals surface area contributed by atoms with E-state index in [1.54, 1.807) is 6.20 Å². The summed E-state index contributed by atoms with van der Waals surface area (Å²) in [6.45, 7) is 2.48. The van der Waals surface area contributed by atoms with Crippen LogP contribution in [0.4, 0.5) is 5.82 Å². The smallest absolute Gasteiger partial charge is 0.326 e. The van der Waals surface area contributed by atoms with Crippen molar-refractivity contribution in [1.29, 1.82) is 0 Å². The molecule has 7 nitrogen and oxygen atoms in total. The second kappa shape index (κ2) is 12.8. The second-order valence-electron chi connectivity index (χ2n) is 9.47. The summed E-state index contributed by atoms with van der Waals surface area (Å²) >= 11 is 0. The lowest BCUT2D eigenvalue weighted by Gasteiger charge is -2.17. The maximum atomic E-state index is 12.2. The quantitative estimate of drug-likeness (QED) is 0.187. The molecule has 40 heavy (non-hydrogen) atoms. The summed E-state index contributed by atoms with van der Waals surface area (Å²) in [5.41, 5.74) is 4.39. The Kier molecular flexibility index (Phi) is 8.51. The zero-order chi connectivity index (χ0) is 27.7. The number of aromatic nitrogens is 2. The summed E-state index contributed by atoms with van der Waals surface area (Å²) in [6.07, 6.45) is 3.10. The number of hydrogen-bond acceptors (Lipinski definition) is 6. The molecule has 0 radical (unpaired) electrons. The fourth-order valence-corrected chi connectivity index (χ4v) is 4.35. The summed E-state index contributed by atoms with van der Waals surface area (Å²) < 4.78 is 11.7. The van der Waals surface area contributed by atoms with Crippen LogP contribution in [0.1, 0.15) is 35.3 Å². The van der Waals surface area contributed by atoms with Crippen LogP contribution in [0.25, 0.3) is 11.3 Å². The lowest BCUT2D eigenvalue weighted by atomic mass is 10.1. The number of hydrogen-bond donors (Lipinski definition) is 2. The van der Waals surface area contributed by atoms with Gasteiger partial charge in [0.2, 0.25) is 0 Å². The molecular formula is C33H31N3O4. The molecule has 2 N–H and O–H groups in total. The molecule has 5 rings (SSSR count). The largest absolute Gasteiger partial charge is 0.489 e. The summed E-state index contributed by atoms with van der Waals surface area (Å²) in [6, 6.07) is 30.4. The third-order valence-electron chi connectivity index (χ3n) is 6.54. The number of aryl methyl sites for hydroxylation is 1. The SMILES string of the molecule is CCc1ccc(CC(Nc2ncc(-c3ccc(OCc4ccccc4)cc3)nc2Cc2ccccc2)C(=O)O)o1. The van der Waals surface area contributed by atoms with Gasteiger partial charge >= 0.3 is 5.97 Å². The molecule has 0 saturated carbocycles. The summed E-state index contributed by atoms with van der Waals surface area (Å²) in [5, 5.41) is 13.1. The van der Waals surface area contributed by atoms with Crippen LogP contribution in [0.5, 0.6) is 5.75 Å². The van der Waals surface area contributed by atoms with Gasteiger partial charge in [-0.3, -0.25) is 0 Å². The second-order valence-corrected chi connectivity index (χ2v) is 9.47. The van der Waals surface area contributed by atoms with Crippen molar-refractivity contribution in [3.63, 3.8) is 0 Å². The van der Waals surface area contributed by atoms with Crippen molar-refractivity contribution in [2.45, 2.75) is 38.8 Å². The Morgan fingerprint density at radius 2 is 1.57 bits per heavy atom. The first-order valence-corrected chi connectivity index (χ1v) is 13.3. The zero-order valence-electron chi connectivity index (χ0n) is 22.3. The number of anilines is 1. The molecule has 202 valence electrons. The molecule has 3 aromatic carbocycles. The minimum Gasteiger partial charge on any atom is -0.489 e. The van der Waals surface area contributed by atoms with Crippen molar-refractivity contribution in [3.8, 4) is 17.0 Å². The van der Waals surface area contributed by atoms with E-state index < -0.39 is 12.0 Å². The molecule has 0 aliphatic carbocycles. The third kappa shape index (κ3) is 6.94. The molecule has 0 spiro atoms. The Bertz CT molecular complexity index is 1530. The lowest BCUT2D eigenvalue weighted by Crippen LogP contribution is -2.32. The number of nitrogens with zero attached hydrogens (tertiary/aromatic N) is 2. The van der Waals surface area contributed by atoms with Crippen LogP contribution in [0.3, 0.4) is 0 Å². The van der Waals surface area contributed by atoms with Crippen molar-refractivity contribution < 1.29 is 19.1 Å². The molecular weight excluding hydrogens is 502 g/mol. The Morgan fingerprint density at radius 3 is 2.23 bits per heavy atom. The van der Waals surface area contributed by atoms with Crippen molar-refractivity contribution in [3.05, 3.63) is 132 Å². The van der Waals surface area contributed by atoms with Gasteiger partial charge in [0.25, 0.3) is 0 Å². The molecule has 0 saturated heterocycles. The van der Waals surface area contributed by atoms with E-state index >= 15 is 0 Å². The van der Waals surface area contributed by atoms with Crippen LogP contribution in [-0.2, 0) is 30.7 Å². The fourth-order valence-electron chi connectivity index (χ4n) is 4.35. The summed E-state index contributed by atoms with van der Waals surface area (Å²) in [5.74, 6) is 1.64. The predicted molar refractivity (Wildman–Crippen MR) is 154 cm³/mol. The number of aliphatic carboxylic acids is 1. The van der Waals surface area contributed by atoms with E-state index in [9.17, 15) is 9.90 Å². The monoisotopic (exact) mass is 533 g/mol. The van der Waals surface area contributed by atoms with Gasteiger partial charge < -0.3 is 19.6 Å². The molecule has 2 aromatic heterocycles. The number of carbonyl (C=O) groups is 1. The number of rotatable bonds is 12. The summed E-state index contributed by atoms with van der Waals surface area (Å²) in [7, 11) is 0. The standard InChI is InChI=1S/C33H31N3O4/c1-2-26-17-18-28(40-26)20-30(33(37)38)36-32-29(19-23-9-5-3-6-10-23)35-31(21-34-32)25-13-15-27(16-14-25)39-22-24-11-7-4-8-12-24/h3-18,21,30H,2,19-20,22H2,1H3,(H,34,36)(H,37,38). The Morgan fingerprint density at radius 1 is 0.900 bits per heavy atom. The van der Waals surface area contributed by atoms with Crippen LogP contribution >= 0.6 is 0 Å². The van der Waals surface area contributed by atoms with Crippen LogP contribution in [0, 0.1) is 0 Å². The number of carboxylic acids is 1. The average molecular weight is 534 g/mol. The van der Waals surface area contributed by atoms with E-state index in [0.29, 0.717) is 36.0 Å². The molecule has 0 bridgehead atoms. The van der Waals surface area contributed by atoms with Gasteiger partial charge in [0.1, 0.15) is 35.7 Å². The number of furan rings is 1. The number of nitrogens with one attached hydrogen (secondary N) is 1. The highest BCUT2D eigenvalue weighted by Gasteiger charge is 2.22. The molecule has 1 atom stereocenters. The molecule has 0 amide bonds. The molecule has 5 aromatic rings. The highest BCUT2D eigenvalue weighted by atomic mass is 16.5. The van der Waals surface area contributed by atoms with Crippen molar-refractivity contribution >= 4 is 11.8 Å². The zero-order valence-corrected chi connectivity index (χ0v) is 22.3. The predicted octanol–water partition coefficient (Wildman–Crippen LogP) is 6.58. The van der Waals surface area contributed by atoms with Crippen LogP contribution in [0.15, 0.2) is 108 Å². The van der Waals surface area contributed by atoms with Gasteiger partial charge in [-0.25, -0.2) is 14.8 Å². The third-order valence-corrected chi connectivity index (χ3v) is 6.54. The van der Waals surface area contributed by atoms with Gasteiger partial charge in [0, 0.05) is 24.8 Å². The van der Waals surface area contributed by atoms with Crippen LogP contribution < -0.4 is 10.1 Å². The maximum Gasteiger partial charge on any atom is 0.326 e. The molecule has 1 unspecified atom stereocenters. The highest BCUT2D eigenvalue weighted by Crippen LogP contribution is 2.25. The Balaban J connectivity index is 1.37. The van der Waals surface area contributed by atoms with Gasteiger partial charge in [-0.15, -0.1) is 0 Å². The van der Waals surface area contributed by atoms with E-state index in [4.69, 9.17) is 14.1 Å². The number of ether oxygens (including phenoxy) is 1. The highest BCUT2D eigenvalue weighted by molar-refractivity contribution is 5.77.